The third-order valence-electron chi connectivity index (χ3n) is 3.63. The van der Waals surface area contributed by atoms with Gasteiger partial charge in [0.05, 0.1) is 6.10 Å². The van der Waals surface area contributed by atoms with E-state index in [2.05, 4.69) is 49.7 Å². The van der Waals surface area contributed by atoms with Crippen LogP contribution in [0.5, 0.6) is 0 Å². The van der Waals surface area contributed by atoms with Gasteiger partial charge in [-0.15, -0.1) is 11.8 Å². The number of anilines is 1. The lowest BCUT2D eigenvalue weighted by Gasteiger charge is -2.49. The van der Waals surface area contributed by atoms with Crippen LogP contribution in [0.1, 0.15) is 20.3 Å². The van der Waals surface area contributed by atoms with Crippen LogP contribution in [-0.4, -0.2) is 23.5 Å². The van der Waals surface area contributed by atoms with E-state index < -0.39 is 0 Å². The average Bonchev–Trinajstić information content (AvgIpc) is 2.29. The molecular weight excluding hydrogens is 218 g/mol. The van der Waals surface area contributed by atoms with Crippen LogP contribution in [0.4, 0.5) is 5.69 Å². The van der Waals surface area contributed by atoms with E-state index in [1.165, 1.54) is 4.90 Å². The van der Waals surface area contributed by atoms with E-state index in [4.69, 9.17) is 0 Å². The summed E-state index contributed by atoms with van der Waals surface area (Å²) >= 11 is 1.75. The molecule has 0 spiro atoms. The van der Waals surface area contributed by atoms with E-state index in [9.17, 15) is 5.11 Å². The summed E-state index contributed by atoms with van der Waals surface area (Å²) in [7, 11) is 0. The maximum Gasteiger partial charge on any atom is 0.0630 e. The number of nitrogens with one attached hydrogen (secondary N) is 1. The summed E-state index contributed by atoms with van der Waals surface area (Å²) in [5.41, 5.74) is 1.13. The summed E-state index contributed by atoms with van der Waals surface area (Å²) in [5.74, 6) is 0. The zero-order valence-corrected chi connectivity index (χ0v) is 10.8. The molecule has 0 heterocycles. The van der Waals surface area contributed by atoms with Crippen LogP contribution < -0.4 is 5.32 Å². The first-order valence-electron chi connectivity index (χ1n) is 5.62. The molecule has 0 bridgehead atoms. The lowest BCUT2D eigenvalue weighted by atomic mass is 9.64. The van der Waals surface area contributed by atoms with Gasteiger partial charge in [-0.05, 0) is 30.9 Å². The summed E-state index contributed by atoms with van der Waals surface area (Å²) in [6.07, 6.45) is 2.75. The monoisotopic (exact) mass is 237 g/mol. The van der Waals surface area contributed by atoms with Crippen LogP contribution >= 0.6 is 11.8 Å². The van der Waals surface area contributed by atoms with Gasteiger partial charge < -0.3 is 10.4 Å². The molecule has 2 atom stereocenters. The Morgan fingerprint density at radius 1 is 1.44 bits per heavy atom. The Morgan fingerprint density at radius 2 is 2.19 bits per heavy atom. The normalized spacial score (nSPS) is 27.2. The fourth-order valence-electron chi connectivity index (χ4n) is 2.06. The van der Waals surface area contributed by atoms with Crippen molar-refractivity contribution in [1.82, 2.24) is 0 Å². The van der Waals surface area contributed by atoms with E-state index >= 15 is 0 Å². The third-order valence-corrected chi connectivity index (χ3v) is 4.35. The Balaban J connectivity index is 2.05. The second-order valence-electron chi connectivity index (χ2n) is 5.00. The summed E-state index contributed by atoms with van der Waals surface area (Å²) in [4.78, 5) is 1.27. The van der Waals surface area contributed by atoms with Crippen LogP contribution in [0.2, 0.25) is 0 Å². The van der Waals surface area contributed by atoms with E-state index in [-0.39, 0.29) is 11.5 Å². The van der Waals surface area contributed by atoms with Crippen molar-refractivity contribution in [3.8, 4) is 0 Å². The molecule has 1 aliphatic rings. The first-order chi connectivity index (χ1) is 7.54. The van der Waals surface area contributed by atoms with Crippen molar-refractivity contribution in [2.75, 3.05) is 11.6 Å². The second kappa shape index (κ2) is 4.30. The molecule has 2 nitrogen and oxygen atoms in total. The minimum atomic E-state index is -0.172. The number of thioether (sulfide) groups is 1. The summed E-state index contributed by atoms with van der Waals surface area (Å²) < 4.78 is 0. The van der Waals surface area contributed by atoms with Crippen molar-refractivity contribution in [3.05, 3.63) is 24.3 Å². The van der Waals surface area contributed by atoms with Gasteiger partial charge in [-0.2, -0.15) is 0 Å². The van der Waals surface area contributed by atoms with Gasteiger partial charge in [0.15, 0.2) is 0 Å². The minimum absolute atomic E-state index is 0.0185. The van der Waals surface area contributed by atoms with Gasteiger partial charge in [0.2, 0.25) is 0 Å². The number of hydrogen-bond donors (Lipinski definition) is 2. The largest absolute Gasteiger partial charge is 0.392 e. The molecule has 1 fully saturated rings. The highest BCUT2D eigenvalue weighted by Crippen LogP contribution is 2.42. The fourth-order valence-corrected chi connectivity index (χ4v) is 2.52. The molecule has 2 rings (SSSR count). The van der Waals surface area contributed by atoms with Gasteiger partial charge in [0.25, 0.3) is 0 Å². The SMILES string of the molecule is CSc1cccc(NC2CC(O)C2(C)C)c1. The van der Waals surface area contributed by atoms with Gasteiger partial charge in [-0.1, -0.05) is 19.9 Å². The molecule has 1 aliphatic carbocycles. The molecule has 3 heteroatoms. The zero-order chi connectivity index (χ0) is 11.8. The standard InChI is InChI=1S/C13H19NOS/c1-13(2)11(8-12(13)15)14-9-5-4-6-10(7-9)16-3/h4-7,11-12,14-15H,8H2,1-3H3. The van der Waals surface area contributed by atoms with Crippen LogP contribution in [0.25, 0.3) is 0 Å². The maximum absolute atomic E-state index is 9.68. The van der Waals surface area contributed by atoms with Gasteiger partial charge in [-0.3, -0.25) is 0 Å². The summed E-state index contributed by atoms with van der Waals surface area (Å²) in [6.45, 7) is 4.22. The molecule has 1 aromatic carbocycles. The van der Waals surface area contributed by atoms with Gasteiger partial charge >= 0.3 is 0 Å². The van der Waals surface area contributed by atoms with Crippen molar-refractivity contribution in [2.45, 2.75) is 37.3 Å². The van der Waals surface area contributed by atoms with Crippen LogP contribution in [0, 0.1) is 5.41 Å². The first-order valence-corrected chi connectivity index (χ1v) is 6.85. The maximum atomic E-state index is 9.68. The number of aliphatic hydroxyl groups excluding tert-OH is 1. The average molecular weight is 237 g/mol. The van der Waals surface area contributed by atoms with Crippen LogP contribution in [-0.2, 0) is 0 Å². The molecule has 0 saturated heterocycles. The highest BCUT2D eigenvalue weighted by atomic mass is 32.2. The highest BCUT2D eigenvalue weighted by molar-refractivity contribution is 7.98. The van der Waals surface area contributed by atoms with E-state index in [0.717, 1.165) is 12.1 Å². The molecule has 0 aliphatic heterocycles. The zero-order valence-electron chi connectivity index (χ0n) is 10.0. The van der Waals surface area contributed by atoms with Crippen LogP contribution in [0.15, 0.2) is 29.2 Å². The highest BCUT2D eigenvalue weighted by Gasteiger charge is 2.47. The van der Waals surface area contributed by atoms with Gasteiger partial charge in [0, 0.05) is 22.0 Å². The third kappa shape index (κ3) is 2.06. The van der Waals surface area contributed by atoms with Gasteiger partial charge in [-0.25, -0.2) is 0 Å². The minimum Gasteiger partial charge on any atom is -0.392 e. The lowest BCUT2D eigenvalue weighted by molar-refractivity contribution is -0.0510. The molecule has 2 unspecified atom stereocenters. The number of benzene rings is 1. The molecular formula is C13H19NOS. The number of rotatable bonds is 3. The molecule has 88 valence electrons. The lowest BCUT2D eigenvalue weighted by Crippen LogP contribution is -2.56. The number of aliphatic hydroxyl groups is 1. The molecule has 0 aromatic heterocycles. The summed E-state index contributed by atoms with van der Waals surface area (Å²) in [5, 5.41) is 13.2. The topological polar surface area (TPSA) is 32.3 Å². The van der Waals surface area contributed by atoms with E-state index in [1.54, 1.807) is 11.8 Å². The predicted molar refractivity (Wildman–Crippen MR) is 70.0 cm³/mol. The Hall–Kier alpha value is -0.670. The van der Waals surface area contributed by atoms with Crippen molar-refractivity contribution in [1.29, 1.82) is 0 Å². The molecule has 1 saturated carbocycles. The Kier molecular flexibility index (Phi) is 3.17. The fraction of sp³-hybridized carbons (Fsp3) is 0.538. The predicted octanol–water partition coefficient (Wildman–Crippen LogP) is 2.98. The van der Waals surface area contributed by atoms with Crippen molar-refractivity contribution in [3.63, 3.8) is 0 Å². The van der Waals surface area contributed by atoms with E-state index in [1.807, 2.05) is 0 Å². The first kappa shape index (κ1) is 11.8. The number of hydrogen-bond acceptors (Lipinski definition) is 3. The molecule has 0 amide bonds. The van der Waals surface area contributed by atoms with Crippen molar-refractivity contribution >= 4 is 17.4 Å². The Bertz CT molecular complexity index is 378. The Morgan fingerprint density at radius 3 is 2.75 bits per heavy atom. The quantitative estimate of drug-likeness (QED) is 0.793. The van der Waals surface area contributed by atoms with Gasteiger partial charge in [0.1, 0.15) is 0 Å². The van der Waals surface area contributed by atoms with Crippen molar-refractivity contribution < 1.29 is 5.11 Å². The van der Waals surface area contributed by atoms with E-state index in [0.29, 0.717) is 6.04 Å². The second-order valence-corrected chi connectivity index (χ2v) is 5.88. The smallest absolute Gasteiger partial charge is 0.0630 e. The molecule has 0 radical (unpaired) electrons. The summed E-state index contributed by atoms with van der Waals surface area (Å²) in [6, 6.07) is 8.79. The van der Waals surface area contributed by atoms with Crippen LogP contribution in [0.3, 0.4) is 0 Å². The molecule has 16 heavy (non-hydrogen) atoms. The molecule has 2 N–H and O–H groups in total. The molecule has 1 aromatic rings. The Labute approximate surface area is 101 Å². The van der Waals surface area contributed by atoms with Crippen molar-refractivity contribution in [2.24, 2.45) is 5.41 Å².